The van der Waals surface area contributed by atoms with E-state index in [0.29, 0.717) is 5.97 Å². The number of fused-ring (bicyclic) bond motifs is 1. The molecular formula is C17H27O3Si+. The van der Waals surface area contributed by atoms with Crippen molar-refractivity contribution in [1.29, 1.82) is 0 Å². The van der Waals surface area contributed by atoms with E-state index in [-0.39, 0.29) is 11.5 Å². The van der Waals surface area contributed by atoms with Crippen molar-refractivity contribution in [1.82, 2.24) is 0 Å². The zero-order valence-electron chi connectivity index (χ0n) is 14.0. The van der Waals surface area contributed by atoms with Crippen molar-refractivity contribution in [3.05, 3.63) is 35.4 Å². The molecule has 21 heavy (non-hydrogen) atoms. The summed E-state index contributed by atoms with van der Waals surface area (Å²) in [6.07, 6.45) is 0.939. The number of benzene rings is 1. The van der Waals surface area contributed by atoms with Crippen LogP contribution < -0.4 is 0 Å². The van der Waals surface area contributed by atoms with Crippen molar-refractivity contribution in [2.24, 2.45) is 5.41 Å². The summed E-state index contributed by atoms with van der Waals surface area (Å²) in [7, 11) is -0.0373. The molecule has 0 fully saturated rings. The summed E-state index contributed by atoms with van der Waals surface area (Å²) >= 11 is 0. The molecule has 0 amide bonds. The van der Waals surface area contributed by atoms with E-state index in [0.717, 1.165) is 13.0 Å². The molecule has 1 aromatic rings. The van der Waals surface area contributed by atoms with E-state index in [1.54, 1.807) is 7.11 Å². The van der Waals surface area contributed by atoms with Crippen molar-refractivity contribution in [3.63, 3.8) is 0 Å². The summed E-state index contributed by atoms with van der Waals surface area (Å²) in [6, 6.07) is 8.51. The van der Waals surface area contributed by atoms with E-state index in [2.05, 4.69) is 57.8 Å². The minimum atomic E-state index is -1.72. The van der Waals surface area contributed by atoms with Crippen LogP contribution in [0, 0.1) is 5.41 Å². The number of rotatable bonds is 3. The molecule has 1 heterocycles. The van der Waals surface area contributed by atoms with Gasteiger partial charge in [-0.1, -0.05) is 24.3 Å². The Morgan fingerprint density at radius 2 is 1.95 bits per heavy atom. The van der Waals surface area contributed by atoms with Crippen molar-refractivity contribution < 1.29 is 13.6 Å². The molecule has 1 aliphatic heterocycles. The van der Waals surface area contributed by atoms with Gasteiger partial charge in [0.1, 0.15) is 11.5 Å². The van der Waals surface area contributed by atoms with Gasteiger partial charge >= 0.3 is 14.3 Å². The van der Waals surface area contributed by atoms with Gasteiger partial charge in [0.05, 0.1) is 6.61 Å². The second kappa shape index (κ2) is 5.93. The predicted molar refractivity (Wildman–Crippen MR) is 88.0 cm³/mol. The molecule has 0 aromatic heterocycles. The zero-order valence-corrected chi connectivity index (χ0v) is 15.0. The Bertz CT molecular complexity index is 529. The Labute approximate surface area is 129 Å². The second-order valence-electron chi connectivity index (χ2n) is 7.13. The molecule has 2 rings (SSSR count). The topological polar surface area (TPSA) is 29.8 Å². The van der Waals surface area contributed by atoms with Crippen molar-refractivity contribution >= 4 is 14.3 Å². The molecule has 1 atom stereocenters. The minimum Gasteiger partial charge on any atom is -0.411 e. The summed E-state index contributed by atoms with van der Waals surface area (Å²) in [6.45, 7) is 11.5. The average Bonchev–Trinajstić information content (AvgIpc) is 2.43. The van der Waals surface area contributed by atoms with Gasteiger partial charge in [0.2, 0.25) is 0 Å². The lowest BCUT2D eigenvalue weighted by Crippen LogP contribution is -2.43. The van der Waals surface area contributed by atoms with Gasteiger partial charge in [0, 0.05) is 0 Å². The van der Waals surface area contributed by atoms with Crippen LogP contribution in [0.1, 0.15) is 31.1 Å². The van der Waals surface area contributed by atoms with Crippen LogP contribution in [0.25, 0.3) is 0 Å². The summed E-state index contributed by atoms with van der Waals surface area (Å²) in [5.41, 5.74) is 2.29. The van der Waals surface area contributed by atoms with E-state index >= 15 is 0 Å². The highest BCUT2D eigenvalue weighted by atomic mass is 28.4. The number of ether oxygens (including phenoxy) is 1. The lowest BCUT2D eigenvalue weighted by molar-refractivity contribution is -0.436. The maximum atomic E-state index is 6.17. The monoisotopic (exact) mass is 307 g/mol. The normalized spacial score (nSPS) is 20.1. The molecule has 3 nitrogen and oxygen atoms in total. The van der Waals surface area contributed by atoms with E-state index < -0.39 is 8.32 Å². The third-order valence-corrected chi connectivity index (χ3v) is 4.56. The fourth-order valence-corrected chi connectivity index (χ4v) is 3.72. The summed E-state index contributed by atoms with van der Waals surface area (Å²) in [4.78, 5) is 0. The highest BCUT2D eigenvalue weighted by Gasteiger charge is 2.49. The Morgan fingerprint density at radius 3 is 2.57 bits per heavy atom. The highest BCUT2D eigenvalue weighted by molar-refractivity contribution is 6.71. The van der Waals surface area contributed by atoms with Crippen LogP contribution in [-0.4, -0.2) is 28.0 Å². The number of carbonyl (C=O) groups excluding carboxylic acids is 1. The molecule has 116 valence electrons. The maximum absolute atomic E-state index is 6.17. The van der Waals surface area contributed by atoms with Gasteiger partial charge < -0.3 is 13.6 Å². The van der Waals surface area contributed by atoms with Gasteiger partial charge in [-0.25, -0.2) is 0 Å². The Balaban J connectivity index is 2.36. The number of hydrogen-bond acceptors (Lipinski definition) is 2. The van der Waals surface area contributed by atoms with E-state index in [9.17, 15) is 0 Å². The van der Waals surface area contributed by atoms with Gasteiger partial charge in [0.25, 0.3) is 0 Å². The van der Waals surface area contributed by atoms with E-state index in [1.165, 1.54) is 11.1 Å². The fraction of sp³-hybridized carbons (Fsp3) is 0.588. The van der Waals surface area contributed by atoms with Gasteiger partial charge in [-0.15, -0.1) is 0 Å². The third-order valence-electron chi connectivity index (χ3n) is 3.76. The second-order valence-corrected chi connectivity index (χ2v) is 11.6. The molecule has 0 aliphatic carbocycles. The quantitative estimate of drug-likeness (QED) is 0.627. The lowest BCUT2D eigenvalue weighted by Gasteiger charge is -2.35. The molecule has 0 saturated carbocycles. The Kier molecular flexibility index (Phi) is 4.59. The highest BCUT2D eigenvalue weighted by Crippen LogP contribution is 2.42. The summed E-state index contributed by atoms with van der Waals surface area (Å²) in [5.74, 6) is 0.684. The lowest BCUT2D eigenvalue weighted by atomic mass is 9.79. The Morgan fingerprint density at radius 1 is 1.29 bits per heavy atom. The van der Waals surface area contributed by atoms with Crippen LogP contribution >= 0.6 is 0 Å². The Hall–Kier alpha value is -1.13. The molecule has 1 aromatic carbocycles. The van der Waals surface area contributed by atoms with Gasteiger partial charge in [0.15, 0.2) is 7.11 Å². The molecule has 0 saturated heterocycles. The maximum Gasteiger partial charge on any atom is 0.471 e. The van der Waals surface area contributed by atoms with Crippen molar-refractivity contribution in [2.45, 2.75) is 46.0 Å². The summed E-state index contributed by atoms with van der Waals surface area (Å²) in [5, 5.41) is 0. The predicted octanol–water partition coefficient (Wildman–Crippen LogP) is 3.87. The fourth-order valence-electron chi connectivity index (χ4n) is 2.81. The number of hydrogen-bond donors (Lipinski definition) is 0. The van der Waals surface area contributed by atoms with Crippen molar-refractivity contribution in [3.8, 4) is 0 Å². The van der Waals surface area contributed by atoms with Gasteiger partial charge in [-0.3, -0.25) is 0 Å². The first-order valence-electron chi connectivity index (χ1n) is 7.55. The third kappa shape index (κ3) is 3.55. The molecule has 0 spiro atoms. The first-order valence-corrected chi connectivity index (χ1v) is 11.0. The molecule has 1 aliphatic rings. The van der Waals surface area contributed by atoms with Crippen LogP contribution in [0.15, 0.2) is 24.3 Å². The largest absolute Gasteiger partial charge is 0.471 e. The van der Waals surface area contributed by atoms with Gasteiger partial charge in [-0.2, -0.15) is 0 Å². The molecule has 4 heteroatoms. The van der Waals surface area contributed by atoms with E-state index in [1.807, 2.05) is 0 Å². The van der Waals surface area contributed by atoms with Crippen LogP contribution in [0.5, 0.6) is 0 Å². The zero-order chi connectivity index (χ0) is 15.7. The smallest absolute Gasteiger partial charge is 0.411 e. The molecule has 0 bridgehead atoms. The van der Waals surface area contributed by atoms with E-state index in [4.69, 9.17) is 13.6 Å². The first-order chi connectivity index (χ1) is 9.75. The molecule has 1 unspecified atom stereocenters. The SMILES string of the molecule is C[O+]=C(O[Si](C)(C)C)C(C)(C)C1OCCc2ccccc21. The first kappa shape index (κ1) is 16.2. The molecule has 0 N–H and O–H groups in total. The minimum absolute atomic E-state index is 0.0336. The molecular weight excluding hydrogens is 280 g/mol. The van der Waals surface area contributed by atoms with Crippen LogP contribution in [0.4, 0.5) is 0 Å². The van der Waals surface area contributed by atoms with Crippen molar-refractivity contribution in [2.75, 3.05) is 13.7 Å². The average molecular weight is 307 g/mol. The van der Waals surface area contributed by atoms with Crippen LogP contribution in [-0.2, 0) is 20.0 Å². The summed E-state index contributed by atoms with van der Waals surface area (Å²) < 4.78 is 17.9. The standard InChI is InChI=1S/C17H27O3Si/c1-17(2,16(18-3)20-21(4,5)6)15-14-10-8-7-9-13(14)11-12-19-15/h7-10,15H,11-12H2,1-6H3/q+1. The van der Waals surface area contributed by atoms with Crippen LogP contribution in [0.3, 0.4) is 0 Å². The van der Waals surface area contributed by atoms with Crippen LogP contribution in [0.2, 0.25) is 19.6 Å². The van der Waals surface area contributed by atoms with Gasteiger partial charge in [-0.05, 0) is 51.0 Å². The molecule has 0 radical (unpaired) electrons.